The standard InChI is InChI=1S/C24H19BrN2O3/c1-15-4-6-18(7-5-15)22(28)20-21(17-8-10-19(25)11-9-17)27(24(30)23(20)29)14-16-3-2-12-26-13-16/h2-13,21,28H,14H2,1H3/b22-20-. The van der Waals surface area contributed by atoms with E-state index in [1.165, 1.54) is 4.90 Å². The van der Waals surface area contributed by atoms with Gasteiger partial charge in [-0.1, -0.05) is 64.0 Å². The van der Waals surface area contributed by atoms with E-state index in [9.17, 15) is 14.7 Å². The van der Waals surface area contributed by atoms with E-state index in [2.05, 4.69) is 20.9 Å². The van der Waals surface area contributed by atoms with E-state index in [1.807, 2.05) is 49.4 Å². The van der Waals surface area contributed by atoms with Gasteiger partial charge in [-0.25, -0.2) is 0 Å². The molecule has 2 aromatic carbocycles. The molecule has 0 bridgehead atoms. The van der Waals surface area contributed by atoms with E-state index in [4.69, 9.17) is 0 Å². The predicted octanol–water partition coefficient (Wildman–Crippen LogP) is 4.77. The second-order valence-corrected chi connectivity index (χ2v) is 8.12. The third-order valence-electron chi connectivity index (χ3n) is 5.13. The Balaban J connectivity index is 1.85. The smallest absolute Gasteiger partial charge is 0.295 e. The molecule has 30 heavy (non-hydrogen) atoms. The summed E-state index contributed by atoms with van der Waals surface area (Å²) < 4.78 is 0.883. The molecule has 0 radical (unpaired) electrons. The van der Waals surface area contributed by atoms with E-state index in [-0.39, 0.29) is 17.9 Å². The summed E-state index contributed by atoms with van der Waals surface area (Å²) >= 11 is 3.42. The van der Waals surface area contributed by atoms with Crippen molar-refractivity contribution in [2.75, 3.05) is 0 Å². The first-order valence-corrected chi connectivity index (χ1v) is 10.2. The number of likely N-dealkylation sites (tertiary alicyclic amines) is 1. The fraction of sp³-hybridized carbons (Fsp3) is 0.125. The molecule has 5 nitrogen and oxygen atoms in total. The summed E-state index contributed by atoms with van der Waals surface area (Å²) in [7, 11) is 0. The molecule has 1 aliphatic heterocycles. The van der Waals surface area contributed by atoms with E-state index < -0.39 is 17.7 Å². The first-order valence-electron chi connectivity index (χ1n) is 9.45. The molecule has 1 amide bonds. The average Bonchev–Trinajstić information content (AvgIpc) is 3.00. The highest BCUT2D eigenvalue weighted by atomic mass is 79.9. The van der Waals surface area contributed by atoms with Crippen molar-refractivity contribution in [1.82, 2.24) is 9.88 Å². The molecule has 1 unspecified atom stereocenters. The lowest BCUT2D eigenvalue weighted by Crippen LogP contribution is -2.29. The van der Waals surface area contributed by atoms with Crippen LogP contribution in [0.5, 0.6) is 0 Å². The van der Waals surface area contributed by atoms with Gasteiger partial charge >= 0.3 is 0 Å². The molecule has 2 heterocycles. The third kappa shape index (κ3) is 3.78. The van der Waals surface area contributed by atoms with Gasteiger partial charge < -0.3 is 10.0 Å². The van der Waals surface area contributed by atoms with E-state index in [1.54, 1.807) is 30.6 Å². The van der Waals surface area contributed by atoms with Crippen LogP contribution in [0, 0.1) is 6.92 Å². The van der Waals surface area contributed by atoms with Gasteiger partial charge in [0, 0.05) is 29.0 Å². The average molecular weight is 463 g/mol. The largest absolute Gasteiger partial charge is 0.507 e. The molecule has 0 spiro atoms. The predicted molar refractivity (Wildman–Crippen MR) is 117 cm³/mol. The maximum atomic E-state index is 13.0. The number of aryl methyl sites for hydroxylation is 1. The van der Waals surface area contributed by atoms with Gasteiger partial charge in [0.05, 0.1) is 11.6 Å². The van der Waals surface area contributed by atoms with Crippen molar-refractivity contribution in [2.24, 2.45) is 0 Å². The van der Waals surface area contributed by atoms with Crippen LogP contribution in [0.3, 0.4) is 0 Å². The number of benzene rings is 2. The minimum atomic E-state index is -0.695. The summed E-state index contributed by atoms with van der Waals surface area (Å²) in [4.78, 5) is 31.6. The van der Waals surface area contributed by atoms with Gasteiger partial charge in [-0.2, -0.15) is 0 Å². The van der Waals surface area contributed by atoms with E-state index in [0.717, 1.165) is 21.2 Å². The number of ketones is 1. The Labute approximate surface area is 182 Å². The number of aliphatic hydroxyl groups excluding tert-OH is 1. The SMILES string of the molecule is Cc1ccc(/C(O)=C2/C(=O)C(=O)N(Cc3cccnc3)C2c2ccc(Br)cc2)cc1. The van der Waals surface area contributed by atoms with Crippen LogP contribution in [0.1, 0.15) is 28.3 Å². The molecule has 3 aromatic rings. The van der Waals surface area contributed by atoms with Crippen molar-refractivity contribution < 1.29 is 14.7 Å². The zero-order valence-electron chi connectivity index (χ0n) is 16.2. The van der Waals surface area contributed by atoms with Gasteiger partial charge in [-0.3, -0.25) is 14.6 Å². The molecule has 6 heteroatoms. The molecule has 1 fully saturated rings. The van der Waals surface area contributed by atoms with Crippen molar-refractivity contribution in [3.63, 3.8) is 0 Å². The highest BCUT2D eigenvalue weighted by Gasteiger charge is 2.46. The Morgan fingerprint density at radius 2 is 1.77 bits per heavy atom. The molecule has 0 saturated carbocycles. The van der Waals surface area contributed by atoms with E-state index in [0.29, 0.717) is 5.56 Å². The van der Waals surface area contributed by atoms with Gasteiger partial charge in [0.15, 0.2) is 0 Å². The van der Waals surface area contributed by atoms with E-state index >= 15 is 0 Å². The lowest BCUT2D eigenvalue weighted by molar-refractivity contribution is -0.140. The van der Waals surface area contributed by atoms with Crippen molar-refractivity contribution in [3.8, 4) is 0 Å². The number of rotatable bonds is 4. The van der Waals surface area contributed by atoms with Gasteiger partial charge in [0.1, 0.15) is 5.76 Å². The van der Waals surface area contributed by atoms with Crippen LogP contribution >= 0.6 is 15.9 Å². The zero-order chi connectivity index (χ0) is 21.3. The molecule has 150 valence electrons. The molecule has 1 saturated heterocycles. The number of amides is 1. The van der Waals surface area contributed by atoms with Crippen LogP contribution < -0.4 is 0 Å². The van der Waals surface area contributed by atoms with Crippen molar-refractivity contribution in [3.05, 3.63) is 105 Å². The summed E-state index contributed by atoms with van der Waals surface area (Å²) in [5.41, 5.74) is 3.18. The molecule has 1 aromatic heterocycles. The highest BCUT2D eigenvalue weighted by molar-refractivity contribution is 9.10. The van der Waals surface area contributed by atoms with Crippen LogP contribution in [-0.4, -0.2) is 26.7 Å². The molecular formula is C24H19BrN2O3. The van der Waals surface area contributed by atoms with Crippen LogP contribution in [0.15, 0.2) is 83.1 Å². The maximum Gasteiger partial charge on any atom is 0.295 e. The molecule has 1 atom stereocenters. The number of halogens is 1. The number of pyridine rings is 1. The summed E-state index contributed by atoms with van der Waals surface area (Å²) in [6.07, 6.45) is 3.32. The quantitative estimate of drug-likeness (QED) is 0.344. The number of carbonyl (C=O) groups is 2. The van der Waals surface area contributed by atoms with Gasteiger partial charge in [-0.15, -0.1) is 0 Å². The first-order chi connectivity index (χ1) is 14.5. The van der Waals surface area contributed by atoms with Gasteiger partial charge in [0.25, 0.3) is 11.7 Å². The van der Waals surface area contributed by atoms with Crippen LogP contribution in [0.2, 0.25) is 0 Å². The lowest BCUT2D eigenvalue weighted by Gasteiger charge is -2.25. The zero-order valence-corrected chi connectivity index (χ0v) is 17.8. The first kappa shape index (κ1) is 20.0. The lowest BCUT2D eigenvalue weighted by atomic mass is 9.95. The molecule has 1 N–H and O–H groups in total. The van der Waals surface area contributed by atoms with Crippen molar-refractivity contribution >= 4 is 33.4 Å². The molecule has 1 aliphatic rings. The number of aliphatic hydroxyl groups is 1. The molecular weight excluding hydrogens is 444 g/mol. The Bertz CT molecular complexity index is 1120. The van der Waals surface area contributed by atoms with Gasteiger partial charge in [-0.05, 0) is 36.2 Å². The van der Waals surface area contributed by atoms with Crippen LogP contribution in [0.25, 0.3) is 5.76 Å². The monoisotopic (exact) mass is 462 g/mol. The fourth-order valence-corrected chi connectivity index (χ4v) is 3.85. The number of aromatic nitrogens is 1. The number of Topliss-reactive ketones (excluding diaryl/α,β-unsaturated/α-hetero) is 1. The summed E-state index contributed by atoms with van der Waals surface area (Å²) in [6, 6.07) is 17.5. The fourth-order valence-electron chi connectivity index (χ4n) is 3.59. The second-order valence-electron chi connectivity index (χ2n) is 7.21. The van der Waals surface area contributed by atoms with Gasteiger partial charge in [0.2, 0.25) is 0 Å². The minimum absolute atomic E-state index is 0.0927. The van der Waals surface area contributed by atoms with Crippen molar-refractivity contribution in [2.45, 2.75) is 19.5 Å². The summed E-state index contributed by atoms with van der Waals surface area (Å²) in [5.74, 6) is -1.50. The Morgan fingerprint density at radius 1 is 1.07 bits per heavy atom. The number of carbonyl (C=O) groups excluding carboxylic acids is 2. The minimum Gasteiger partial charge on any atom is -0.507 e. The van der Waals surface area contributed by atoms with Crippen LogP contribution in [0.4, 0.5) is 0 Å². The Kier molecular flexibility index (Phi) is 5.50. The number of hydrogen-bond acceptors (Lipinski definition) is 4. The summed E-state index contributed by atoms with van der Waals surface area (Å²) in [5, 5.41) is 11.0. The third-order valence-corrected chi connectivity index (χ3v) is 5.66. The van der Waals surface area contributed by atoms with Crippen LogP contribution in [-0.2, 0) is 16.1 Å². The highest BCUT2D eigenvalue weighted by Crippen LogP contribution is 2.40. The molecule has 0 aliphatic carbocycles. The number of hydrogen-bond donors (Lipinski definition) is 1. The van der Waals surface area contributed by atoms with Crippen molar-refractivity contribution in [1.29, 1.82) is 0 Å². The maximum absolute atomic E-state index is 13.0. The number of nitrogens with zero attached hydrogens (tertiary/aromatic N) is 2. The second kappa shape index (κ2) is 8.24. The summed E-state index contributed by atoms with van der Waals surface area (Å²) in [6.45, 7) is 2.16. The normalized spacial score (nSPS) is 18.1. The Morgan fingerprint density at radius 3 is 2.40 bits per heavy atom. The Hall–Kier alpha value is -3.25. The topological polar surface area (TPSA) is 70.5 Å². The molecule has 4 rings (SSSR count).